The lowest BCUT2D eigenvalue weighted by atomic mass is 10.2. The molecule has 1 N–H and O–H groups in total. The maximum Gasteiger partial charge on any atom is 0.272 e. The molecule has 0 aliphatic heterocycles. The van der Waals surface area contributed by atoms with Gasteiger partial charge in [0.2, 0.25) is 0 Å². The summed E-state index contributed by atoms with van der Waals surface area (Å²) >= 11 is 5.87. The third-order valence-electron chi connectivity index (χ3n) is 2.39. The van der Waals surface area contributed by atoms with Crippen LogP contribution in [0.2, 0.25) is 5.02 Å². The van der Waals surface area contributed by atoms with Crippen LogP contribution in [-0.2, 0) is 0 Å². The number of benzene rings is 2. The van der Waals surface area contributed by atoms with E-state index >= 15 is 0 Å². The molecular weight excluding hydrogens is 267 g/mol. The first-order valence-electron chi connectivity index (χ1n) is 5.51. The highest BCUT2D eigenvalue weighted by molar-refractivity contribution is 6.33. The van der Waals surface area contributed by atoms with Gasteiger partial charge in [0.05, 0.1) is 16.8 Å². The monoisotopic (exact) mass is 276 g/mol. The highest BCUT2D eigenvalue weighted by Gasteiger charge is 2.07. The normalized spacial score (nSPS) is 10.6. The van der Waals surface area contributed by atoms with Crippen LogP contribution in [0.5, 0.6) is 0 Å². The smallest absolute Gasteiger partial charge is 0.267 e. The van der Waals surface area contributed by atoms with Crippen LogP contribution in [0, 0.1) is 5.82 Å². The van der Waals surface area contributed by atoms with E-state index < -0.39 is 11.7 Å². The lowest BCUT2D eigenvalue weighted by Gasteiger charge is -2.01. The van der Waals surface area contributed by atoms with Crippen LogP contribution in [0.15, 0.2) is 53.6 Å². The molecule has 1 amide bonds. The maximum absolute atomic E-state index is 13.3. The van der Waals surface area contributed by atoms with Crippen LogP contribution in [0.3, 0.4) is 0 Å². The molecule has 0 saturated carbocycles. The number of rotatable bonds is 3. The minimum atomic E-state index is -0.446. The molecule has 0 atom stereocenters. The van der Waals surface area contributed by atoms with Crippen LogP contribution >= 0.6 is 11.6 Å². The van der Waals surface area contributed by atoms with Gasteiger partial charge >= 0.3 is 0 Å². The molecule has 0 unspecified atom stereocenters. The summed E-state index contributed by atoms with van der Waals surface area (Å²) in [4.78, 5) is 11.7. The number of nitrogens with zero attached hydrogens (tertiary/aromatic N) is 1. The van der Waals surface area contributed by atoms with Gasteiger partial charge in [-0.15, -0.1) is 0 Å². The molecule has 0 fully saturated rings. The third-order valence-corrected chi connectivity index (χ3v) is 2.72. The second kappa shape index (κ2) is 6.11. The minimum Gasteiger partial charge on any atom is -0.267 e. The standard InChI is InChI=1S/C14H10ClFN2O/c15-12-7-3-2-6-11(12)14(19)18-17-9-10-5-1-4-8-13(10)16/h1-9H,(H,18,19)/b17-9-. The number of halogens is 2. The van der Waals surface area contributed by atoms with E-state index in [2.05, 4.69) is 10.5 Å². The van der Waals surface area contributed by atoms with Gasteiger partial charge in [-0.05, 0) is 18.2 Å². The zero-order valence-corrected chi connectivity index (χ0v) is 10.6. The summed E-state index contributed by atoms with van der Waals surface area (Å²) in [6.45, 7) is 0. The maximum atomic E-state index is 13.3. The van der Waals surface area contributed by atoms with Crippen molar-refractivity contribution in [2.45, 2.75) is 0 Å². The Morgan fingerprint density at radius 3 is 2.58 bits per heavy atom. The quantitative estimate of drug-likeness (QED) is 0.679. The lowest BCUT2D eigenvalue weighted by Crippen LogP contribution is -2.18. The van der Waals surface area contributed by atoms with Gasteiger partial charge in [0.15, 0.2) is 0 Å². The highest BCUT2D eigenvalue weighted by Crippen LogP contribution is 2.14. The topological polar surface area (TPSA) is 41.5 Å². The number of carbonyl (C=O) groups excluding carboxylic acids is 1. The van der Waals surface area contributed by atoms with Gasteiger partial charge in [-0.1, -0.05) is 41.9 Å². The largest absolute Gasteiger partial charge is 0.272 e. The van der Waals surface area contributed by atoms with Gasteiger partial charge in [-0.25, -0.2) is 9.82 Å². The summed E-state index contributed by atoms with van der Waals surface area (Å²) < 4.78 is 13.3. The number of amides is 1. The van der Waals surface area contributed by atoms with Crippen molar-refractivity contribution < 1.29 is 9.18 Å². The molecule has 2 aromatic carbocycles. The summed E-state index contributed by atoms with van der Waals surface area (Å²) in [5.74, 6) is -0.851. The van der Waals surface area contributed by atoms with Gasteiger partial charge in [-0.2, -0.15) is 5.10 Å². The molecule has 0 spiro atoms. The van der Waals surface area contributed by atoms with Gasteiger partial charge < -0.3 is 0 Å². The van der Waals surface area contributed by atoms with Crippen molar-refractivity contribution in [3.63, 3.8) is 0 Å². The predicted octanol–water partition coefficient (Wildman–Crippen LogP) is 3.24. The average molecular weight is 277 g/mol. The second-order valence-corrected chi connectivity index (χ2v) is 4.11. The van der Waals surface area contributed by atoms with Gasteiger partial charge in [0.25, 0.3) is 5.91 Å². The molecule has 19 heavy (non-hydrogen) atoms. The molecule has 0 aliphatic carbocycles. The predicted molar refractivity (Wildman–Crippen MR) is 72.9 cm³/mol. The van der Waals surface area contributed by atoms with Crippen LogP contribution in [-0.4, -0.2) is 12.1 Å². The average Bonchev–Trinajstić information content (AvgIpc) is 2.41. The Kier molecular flexibility index (Phi) is 4.26. The molecule has 0 saturated heterocycles. The highest BCUT2D eigenvalue weighted by atomic mass is 35.5. The lowest BCUT2D eigenvalue weighted by molar-refractivity contribution is 0.0955. The van der Waals surface area contributed by atoms with E-state index in [1.807, 2.05) is 0 Å². The first-order valence-corrected chi connectivity index (χ1v) is 5.89. The molecule has 2 rings (SSSR count). The first-order chi connectivity index (χ1) is 9.18. The summed E-state index contributed by atoms with van der Waals surface area (Å²) in [6.07, 6.45) is 1.24. The van der Waals surface area contributed by atoms with Crippen molar-refractivity contribution in [2.75, 3.05) is 0 Å². The summed E-state index contributed by atoms with van der Waals surface area (Å²) in [7, 11) is 0. The fourth-order valence-corrected chi connectivity index (χ4v) is 1.67. The number of carbonyl (C=O) groups is 1. The number of hydrogen-bond acceptors (Lipinski definition) is 2. The Hall–Kier alpha value is -2.20. The first kappa shape index (κ1) is 13.2. The van der Waals surface area contributed by atoms with Gasteiger partial charge in [0, 0.05) is 5.56 Å². The Bertz CT molecular complexity index is 628. The van der Waals surface area contributed by atoms with Crippen molar-refractivity contribution in [3.05, 3.63) is 70.5 Å². The Labute approximate surface area is 114 Å². The van der Waals surface area contributed by atoms with E-state index in [4.69, 9.17) is 11.6 Å². The van der Waals surface area contributed by atoms with E-state index in [-0.39, 0.29) is 0 Å². The SMILES string of the molecule is O=C(N/N=C\c1ccccc1F)c1ccccc1Cl. The van der Waals surface area contributed by atoms with E-state index in [1.54, 1.807) is 42.5 Å². The number of nitrogens with one attached hydrogen (secondary N) is 1. The number of hydrazone groups is 1. The van der Waals surface area contributed by atoms with Crippen molar-refractivity contribution in [1.82, 2.24) is 5.43 Å². The molecular formula is C14H10ClFN2O. The fraction of sp³-hybridized carbons (Fsp3) is 0. The molecule has 96 valence electrons. The molecule has 0 aliphatic rings. The Balaban J connectivity index is 2.06. The molecule has 3 nitrogen and oxygen atoms in total. The minimum absolute atomic E-state index is 0.293. The van der Waals surface area contributed by atoms with E-state index in [0.717, 1.165) is 0 Å². The molecule has 0 radical (unpaired) electrons. The van der Waals surface area contributed by atoms with Crippen molar-refractivity contribution >= 4 is 23.7 Å². The van der Waals surface area contributed by atoms with Crippen molar-refractivity contribution in [1.29, 1.82) is 0 Å². The summed E-state index contributed by atoms with van der Waals surface area (Å²) in [5.41, 5.74) is 2.90. The van der Waals surface area contributed by atoms with Crippen LogP contribution in [0.25, 0.3) is 0 Å². The van der Waals surface area contributed by atoms with Crippen LogP contribution in [0.4, 0.5) is 4.39 Å². The van der Waals surface area contributed by atoms with E-state index in [1.165, 1.54) is 12.3 Å². The number of hydrogen-bond donors (Lipinski definition) is 1. The fourth-order valence-electron chi connectivity index (χ4n) is 1.45. The van der Waals surface area contributed by atoms with Crippen LogP contribution < -0.4 is 5.43 Å². The summed E-state index contributed by atoms with van der Waals surface area (Å²) in [5, 5.41) is 4.03. The Morgan fingerprint density at radius 1 is 1.16 bits per heavy atom. The molecule has 0 aromatic heterocycles. The zero-order valence-electron chi connectivity index (χ0n) is 9.81. The van der Waals surface area contributed by atoms with E-state index in [9.17, 15) is 9.18 Å². The molecule has 0 heterocycles. The van der Waals surface area contributed by atoms with E-state index in [0.29, 0.717) is 16.1 Å². The van der Waals surface area contributed by atoms with Gasteiger partial charge in [-0.3, -0.25) is 4.79 Å². The van der Waals surface area contributed by atoms with Gasteiger partial charge in [0.1, 0.15) is 5.82 Å². The zero-order chi connectivity index (χ0) is 13.7. The van der Waals surface area contributed by atoms with Crippen molar-refractivity contribution in [2.24, 2.45) is 5.10 Å². The second-order valence-electron chi connectivity index (χ2n) is 3.70. The Morgan fingerprint density at radius 2 is 1.84 bits per heavy atom. The molecule has 2 aromatic rings. The summed E-state index contributed by atoms with van der Waals surface area (Å²) in [6, 6.07) is 12.7. The third kappa shape index (κ3) is 3.39. The van der Waals surface area contributed by atoms with Crippen molar-refractivity contribution in [3.8, 4) is 0 Å². The van der Waals surface area contributed by atoms with Crippen LogP contribution in [0.1, 0.15) is 15.9 Å². The molecule has 0 bridgehead atoms. The molecule has 5 heteroatoms.